The lowest BCUT2D eigenvalue weighted by Crippen LogP contribution is -2.27. The van der Waals surface area contributed by atoms with Crippen LogP contribution in [0.15, 0.2) is 36.4 Å². The highest BCUT2D eigenvalue weighted by Gasteiger charge is 2.24. The van der Waals surface area contributed by atoms with Crippen LogP contribution in [0.3, 0.4) is 0 Å². The van der Waals surface area contributed by atoms with Crippen molar-refractivity contribution in [2.75, 3.05) is 0 Å². The molecule has 0 aliphatic heterocycles. The molecule has 2 rings (SSSR count). The minimum Gasteiger partial charge on any atom is -0.377 e. The van der Waals surface area contributed by atoms with Crippen molar-refractivity contribution in [2.24, 2.45) is 0 Å². The van der Waals surface area contributed by atoms with Crippen molar-refractivity contribution in [3.8, 4) is 11.1 Å². The molecule has 0 spiro atoms. The van der Waals surface area contributed by atoms with Crippen molar-refractivity contribution < 1.29 is 27.8 Å². The lowest BCUT2D eigenvalue weighted by atomic mass is 10.0. The SMILES string of the molecule is OC(O)(O[SiH3])c1ccc(-c2cc(F)c(F)c(F)c2)cc1. The molecule has 0 heterocycles. The maximum absolute atomic E-state index is 13.1. The van der Waals surface area contributed by atoms with E-state index in [1.807, 2.05) is 0 Å². The van der Waals surface area contributed by atoms with E-state index in [0.29, 0.717) is 5.56 Å². The summed E-state index contributed by atoms with van der Waals surface area (Å²) in [6, 6.07) is 7.24. The standard InChI is InChI=1S/C13H11F3O3Si/c14-10-5-8(6-11(15)12(10)16)7-1-3-9(4-2-7)13(17,18)19-20/h1-6,17-18H,20H3. The van der Waals surface area contributed by atoms with Gasteiger partial charge in [-0.25, -0.2) is 13.2 Å². The van der Waals surface area contributed by atoms with Gasteiger partial charge in [-0.2, -0.15) is 0 Å². The zero-order valence-corrected chi connectivity index (χ0v) is 12.4. The average molecular weight is 300 g/mol. The Labute approximate surface area is 115 Å². The lowest BCUT2D eigenvalue weighted by Gasteiger charge is -2.20. The predicted octanol–water partition coefficient (Wildman–Crippen LogP) is 1.16. The smallest absolute Gasteiger partial charge is 0.296 e. The predicted molar refractivity (Wildman–Crippen MR) is 68.9 cm³/mol. The fourth-order valence-corrected chi connectivity index (χ4v) is 1.96. The Balaban J connectivity index is 2.40. The molecule has 0 bridgehead atoms. The van der Waals surface area contributed by atoms with Gasteiger partial charge >= 0.3 is 0 Å². The van der Waals surface area contributed by atoms with Gasteiger partial charge in [-0.1, -0.05) is 24.3 Å². The van der Waals surface area contributed by atoms with Gasteiger partial charge in [0.15, 0.2) is 27.9 Å². The summed E-state index contributed by atoms with van der Waals surface area (Å²) >= 11 is 0. The molecule has 3 nitrogen and oxygen atoms in total. The first-order chi connectivity index (χ1) is 9.35. The minimum atomic E-state index is -2.38. The molecule has 20 heavy (non-hydrogen) atoms. The van der Waals surface area contributed by atoms with Crippen LogP contribution >= 0.6 is 0 Å². The fourth-order valence-electron chi connectivity index (χ4n) is 1.72. The summed E-state index contributed by atoms with van der Waals surface area (Å²) in [4.78, 5) is 0. The third-order valence-corrected chi connectivity index (χ3v) is 3.43. The Hall–Kier alpha value is -1.67. The van der Waals surface area contributed by atoms with E-state index in [-0.39, 0.29) is 21.6 Å². The van der Waals surface area contributed by atoms with Crippen LogP contribution in [0.4, 0.5) is 13.2 Å². The van der Waals surface area contributed by atoms with Crippen molar-refractivity contribution in [2.45, 2.75) is 5.97 Å². The number of hydrogen-bond acceptors (Lipinski definition) is 3. The summed E-state index contributed by atoms with van der Waals surface area (Å²) in [5, 5.41) is 19.0. The molecule has 0 amide bonds. The molecule has 0 aromatic heterocycles. The molecule has 2 N–H and O–H groups in total. The van der Waals surface area contributed by atoms with Crippen LogP contribution in [-0.4, -0.2) is 20.7 Å². The quantitative estimate of drug-likeness (QED) is 0.508. The second kappa shape index (κ2) is 5.37. The summed E-state index contributed by atoms with van der Waals surface area (Å²) in [6.07, 6.45) is 0. The van der Waals surface area contributed by atoms with Gasteiger partial charge in [0.25, 0.3) is 5.97 Å². The highest BCUT2D eigenvalue weighted by Crippen LogP contribution is 2.26. The summed E-state index contributed by atoms with van der Waals surface area (Å²) in [6.45, 7) is 0. The van der Waals surface area contributed by atoms with Crippen LogP contribution in [0, 0.1) is 17.5 Å². The Bertz CT molecular complexity index is 606. The molecule has 0 saturated carbocycles. The van der Waals surface area contributed by atoms with Crippen molar-refractivity contribution in [1.29, 1.82) is 0 Å². The molecular formula is C13H11F3O3Si. The van der Waals surface area contributed by atoms with E-state index in [2.05, 4.69) is 4.43 Å². The topological polar surface area (TPSA) is 49.7 Å². The molecule has 0 atom stereocenters. The highest BCUT2D eigenvalue weighted by atomic mass is 28.2. The van der Waals surface area contributed by atoms with Crippen molar-refractivity contribution >= 4 is 10.5 Å². The van der Waals surface area contributed by atoms with Gasteiger partial charge in [-0.05, 0) is 23.3 Å². The first-order valence-electron chi connectivity index (χ1n) is 5.60. The molecule has 0 radical (unpaired) electrons. The maximum atomic E-state index is 13.1. The number of aliphatic hydroxyl groups is 2. The molecule has 106 valence electrons. The Morgan fingerprint density at radius 3 is 1.85 bits per heavy atom. The average Bonchev–Trinajstić information content (AvgIpc) is 2.44. The summed E-state index contributed by atoms with van der Waals surface area (Å²) in [7, 11) is 0.112. The van der Waals surface area contributed by atoms with E-state index in [1.54, 1.807) is 0 Å². The van der Waals surface area contributed by atoms with Crippen LogP contribution < -0.4 is 0 Å². The zero-order valence-electron chi connectivity index (χ0n) is 10.4. The third kappa shape index (κ3) is 2.75. The van der Waals surface area contributed by atoms with E-state index in [4.69, 9.17) is 0 Å². The van der Waals surface area contributed by atoms with Gasteiger partial charge in [-0.15, -0.1) is 0 Å². The first-order valence-corrected chi connectivity index (χ1v) is 6.42. The third-order valence-electron chi connectivity index (χ3n) is 2.86. The van der Waals surface area contributed by atoms with Gasteiger partial charge < -0.3 is 14.6 Å². The number of benzene rings is 2. The normalized spacial score (nSPS) is 11.8. The number of rotatable bonds is 3. The Kier molecular flexibility index (Phi) is 3.96. The second-order valence-corrected chi connectivity index (χ2v) is 4.55. The molecule has 0 unspecified atom stereocenters. The lowest BCUT2D eigenvalue weighted by molar-refractivity contribution is -0.303. The molecule has 2 aromatic carbocycles. The molecule has 0 saturated heterocycles. The maximum Gasteiger partial charge on any atom is 0.296 e. The van der Waals surface area contributed by atoms with Crippen molar-refractivity contribution in [3.63, 3.8) is 0 Å². The van der Waals surface area contributed by atoms with Gasteiger partial charge in [0.2, 0.25) is 0 Å². The van der Waals surface area contributed by atoms with E-state index in [0.717, 1.165) is 12.1 Å². The first kappa shape index (κ1) is 14.7. The van der Waals surface area contributed by atoms with Gasteiger partial charge in [0, 0.05) is 5.56 Å². The second-order valence-electron chi connectivity index (χ2n) is 4.14. The minimum absolute atomic E-state index is 0.0827. The summed E-state index contributed by atoms with van der Waals surface area (Å²) < 4.78 is 43.7. The molecular weight excluding hydrogens is 289 g/mol. The van der Waals surface area contributed by atoms with E-state index < -0.39 is 23.4 Å². The zero-order chi connectivity index (χ0) is 14.9. The summed E-state index contributed by atoms with van der Waals surface area (Å²) in [5.41, 5.74) is 0.622. The fraction of sp³-hybridized carbons (Fsp3) is 0.0769. The monoisotopic (exact) mass is 300 g/mol. The van der Waals surface area contributed by atoms with Crippen molar-refractivity contribution in [1.82, 2.24) is 0 Å². The van der Waals surface area contributed by atoms with E-state index in [9.17, 15) is 23.4 Å². The van der Waals surface area contributed by atoms with Crippen molar-refractivity contribution in [3.05, 3.63) is 59.4 Å². The van der Waals surface area contributed by atoms with Gasteiger partial charge in [-0.3, -0.25) is 0 Å². The summed E-state index contributed by atoms with van der Waals surface area (Å²) in [5.74, 6) is -6.49. The van der Waals surface area contributed by atoms with E-state index >= 15 is 0 Å². The molecule has 0 aliphatic carbocycles. The van der Waals surface area contributed by atoms with Crippen LogP contribution in [0.25, 0.3) is 11.1 Å². The molecule has 0 fully saturated rings. The largest absolute Gasteiger partial charge is 0.377 e. The Morgan fingerprint density at radius 2 is 1.40 bits per heavy atom. The Morgan fingerprint density at radius 1 is 0.900 bits per heavy atom. The van der Waals surface area contributed by atoms with Crippen LogP contribution in [0.5, 0.6) is 0 Å². The number of halogens is 3. The molecule has 7 heteroatoms. The van der Waals surface area contributed by atoms with Gasteiger partial charge in [0.1, 0.15) is 0 Å². The molecule has 0 aliphatic rings. The molecule has 2 aromatic rings. The van der Waals surface area contributed by atoms with Crippen LogP contribution in [-0.2, 0) is 10.4 Å². The van der Waals surface area contributed by atoms with Gasteiger partial charge in [0.05, 0.1) is 0 Å². The van der Waals surface area contributed by atoms with Crippen LogP contribution in [0.1, 0.15) is 5.56 Å². The number of hydrogen-bond donors (Lipinski definition) is 2. The van der Waals surface area contributed by atoms with E-state index in [1.165, 1.54) is 24.3 Å². The highest BCUT2D eigenvalue weighted by molar-refractivity contribution is 5.98. The van der Waals surface area contributed by atoms with Crippen LogP contribution in [0.2, 0.25) is 0 Å².